The van der Waals surface area contributed by atoms with Gasteiger partial charge in [-0.25, -0.2) is 0 Å². The van der Waals surface area contributed by atoms with E-state index in [1.165, 1.54) is 58.4 Å². The van der Waals surface area contributed by atoms with Gasteiger partial charge in [0.05, 0.1) is 0 Å². The zero-order valence-electron chi connectivity index (χ0n) is 12.4. The van der Waals surface area contributed by atoms with Gasteiger partial charge >= 0.3 is 0 Å². The molecule has 0 aromatic carbocycles. The Morgan fingerprint density at radius 2 is 1.75 bits per heavy atom. The molecule has 0 aromatic rings. The van der Waals surface area contributed by atoms with Crippen molar-refractivity contribution in [1.29, 1.82) is 0 Å². The van der Waals surface area contributed by atoms with Crippen molar-refractivity contribution in [3.8, 4) is 0 Å². The molecular formula is C14H32B2. The summed E-state index contributed by atoms with van der Waals surface area (Å²) in [5.74, 6) is 0.890. The lowest BCUT2D eigenvalue weighted by Gasteiger charge is -2.24. The highest BCUT2D eigenvalue weighted by molar-refractivity contribution is 6.35. The third-order valence-corrected chi connectivity index (χ3v) is 3.59. The van der Waals surface area contributed by atoms with E-state index in [0.29, 0.717) is 5.31 Å². The maximum atomic E-state index is 2.44. The van der Waals surface area contributed by atoms with Gasteiger partial charge in [-0.1, -0.05) is 90.1 Å². The van der Waals surface area contributed by atoms with Crippen molar-refractivity contribution < 1.29 is 0 Å². The molecule has 16 heavy (non-hydrogen) atoms. The second-order valence-corrected chi connectivity index (χ2v) is 6.61. The van der Waals surface area contributed by atoms with E-state index in [1.807, 2.05) is 0 Å². The van der Waals surface area contributed by atoms with E-state index in [4.69, 9.17) is 0 Å². The van der Waals surface area contributed by atoms with E-state index in [1.54, 1.807) is 0 Å². The Morgan fingerprint density at radius 3 is 2.31 bits per heavy atom. The van der Waals surface area contributed by atoms with Crippen molar-refractivity contribution in [1.82, 2.24) is 0 Å². The Bertz CT molecular complexity index is 153. The van der Waals surface area contributed by atoms with Gasteiger partial charge in [-0.3, -0.25) is 0 Å². The van der Waals surface area contributed by atoms with Crippen LogP contribution in [0.2, 0.25) is 18.0 Å². The van der Waals surface area contributed by atoms with Crippen molar-refractivity contribution in [2.24, 2.45) is 5.92 Å². The molecule has 0 saturated carbocycles. The molecule has 0 fully saturated rings. The number of unbranched alkanes of at least 4 members (excludes halogenated alkanes) is 2. The number of rotatable bonds is 10. The van der Waals surface area contributed by atoms with E-state index in [9.17, 15) is 0 Å². The van der Waals surface area contributed by atoms with E-state index < -0.39 is 0 Å². The van der Waals surface area contributed by atoms with Crippen LogP contribution >= 0.6 is 0 Å². The minimum Gasteiger partial charge on any atom is -0.0774 e. The molecular weight excluding hydrogens is 190 g/mol. The van der Waals surface area contributed by atoms with Gasteiger partial charge in [-0.05, 0) is 0 Å². The molecule has 0 rings (SSSR count). The van der Waals surface area contributed by atoms with Gasteiger partial charge < -0.3 is 0 Å². The van der Waals surface area contributed by atoms with Crippen molar-refractivity contribution >= 4 is 15.1 Å². The van der Waals surface area contributed by atoms with Crippen LogP contribution in [0.15, 0.2) is 0 Å². The summed E-state index contributed by atoms with van der Waals surface area (Å²) in [7, 11) is 3.88. The van der Waals surface area contributed by atoms with Crippen LogP contribution < -0.4 is 0 Å². The Balaban J connectivity index is 3.35. The molecule has 1 unspecified atom stereocenters. The van der Waals surface area contributed by atoms with Gasteiger partial charge in [0.15, 0.2) is 0 Å². The molecule has 0 heterocycles. The summed E-state index contributed by atoms with van der Waals surface area (Å²) in [6, 6.07) is 0. The molecule has 1 atom stereocenters. The van der Waals surface area contributed by atoms with Gasteiger partial charge in [0.2, 0.25) is 0 Å². The van der Waals surface area contributed by atoms with E-state index in [-0.39, 0.29) is 0 Å². The quantitative estimate of drug-likeness (QED) is 0.385. The van der Waals surface area contributed by atoms with Gasteiger partial charge in [-0.2, -0.15) is 0 Å². The van der Waals surface area contributed by atoms with E-state index in [0.717, 1.165) is 5.92 Å². The molecule has 94 valence electrons. The van der Waals surface area contributed by atoms with Gasteiger partial charge in [0.25, 0.3) is 0 Å². The minimum absolute atomic E-state index is 0.591. The summed E-state index contributed by atoms with van der Waals surface area (Å²) in [6.07, 6.45) is 11.3. The van der Waals surface area contributed by atoms with E-state index >= 15 is 0 Å². The van der Waals surface area contributed by atoms with Gasteiger partial charge in [0.1, 0.15) is 15.1 Å². The average molecular weight is 222 g/mol. The third-order valence-electron chi connectivity index (χ3n) is 3.59. The lowest BCUT2D eigenvalue weighted by Crippen LogP contribution is -2.08. The van der Waals surface area contributed by atoms with Crippen LogP contribution in [0.1, 0.15) is 66.2 Å². The molecule has 0 aliphatic carbocycles. The normalized spacial score (nSPS) is 15.1. The summed E-state index contributed by atoms with van der Waals surface area (Å²) in [6.45, 7) is 9.39. The molecule has 0 saturated heterocycles. The highest BCUT2D eigenvalue weighted by atomic mass is 14.1. The largest absolute Gasteiger partial charge is 0.120 e. The predicted molar refractivity (Wildman–Crippen MR) is 81.9 cm³/mol. The first-order valence-electron chi connectivity index (χ1n) is 7.48. The molecule has 0 radical (unpaired) electrons. The second-order valence-electron chi connectivity index (χ2n) is 6.61. The second kappa shape index (κ2) is 9.19. The summed E-state index contributed by atoms with van der Waals surface area (Å²) < 4.78 is 0. The molecule has 0 nitrogen and oxygen atoms in total. The van der Waals surface area contributed by atoms with Crippen molar-refractivity contribution in [3.63, 3.8) is 0 Å². The summed E-state index contributed by atoms with van der Waals surface area (Å²) in [5.41, 5.74) is 0. The number of hydrogen-bond acceptors (Lipinski definition) is 0. The van der Waals surface area contributed by atoms with Crippen LogP contribution in [0.5, 0.6) is 0 Å². The summed E-state index contributed by atoms with van der Waals surface area (Å²) >= 11 is 0. The number of hydrogen-bond donors (Lipinski definition) is 0. The maximum Gasteiger partial charge on any atom is 0.120 e. The summed E-state index contributed by atoms with van der Waals surface area (Å²) in [4.78, 5) is 0. The molecule has 2 heteroatoms. The standard InChI is InChI=1S/C14H32B2/c1-5-6-9-14(4,15)10-7-8-11-16-12-13(2)3/h13,16H,5-12,15H2,1-4H3. The van der Waals surface area contributed by atoms with Crippen molar-refractivity contribution in [2.45, 2.75) is 84.2 Å². The smallest absolute Gasteiger partial charge is 0.0774 e. The molecule has 0 aromatic heterocycles. The highest BCUT2D eigenvalue weighted by Crippen LogP contribution is 2.34. The SMILES string of the molecule is BC(C)(CCCC)CCCCBCC(C)C. The Hall–Kier alpha value is 0.130. The van der Waals surface area contributed by atoms with Crippen LogP contribution in [0.3, 0.4) is 0 Å². The Labute approximate surface area is 106 Å². The lowest BCUT2D eigenvalue weighted by molar-refractivity contribution is 0.475. The minimum atomic E-state index is 0.591. The fraction of sp³-hybridized carbons (Fsp3) is 1.00. The maximum absolute atomic E-state index is 2.44. The Morgan fingerprint density at radius 1 is 1.12 bits per heavy atom. The third kappa shape index (κ3) is 10.6. The van der Waals surface area contributed by atoms with Crippen LogP contribution in [0, 0.1) is 5.92 Å². The molecule has 0 aliphatic heterocycles. The van der Waals surface area contributed by atoms with Crippen LogP contribution in [0.25, 0.3) is 0 Å². The van der Waals surface area contributed by atoms with Crippen molar-refractivity contribution in [3.05, 3.63) is 0 Å². The molecule has 0 spiro atoms. The first-order chi connectivity index (χ1) is 7.48. The predicted octanol–water partition coefficient (Wildman–Crippen LogP) is 4.09. The lowest BCUT2D eigenvalue weighted by atomic mass is 9.62. The first-order valence-corrected chi connectivity index (χ1v) is 7.48. The molecule has 0 bridgehead atoms. The molecule has 0 aliphatic rings. The summed E-state index contributed by atoms with van der Waals surface area (Å²) in [5, 5.41) is 0.591. The van der Waals surface area contributed by atoms with Crippen LogP contribution in [-0.4, -0.2) is 15.1 Å². The zero-order valence-corrected chi connectivity index (χ0v) is 12.4. The molecule has 0 amide bonds. The monoisotopic (exact) mass is 222 g/mol. The fourth-order valence-electron chi connectivity index (χ4n) is 2.29. The first kappa shape index (κ1) is 16.1. The average Bonchev–Trinajstić information content (AvgIpc) is 2.20. The Kier molecular flexibility index (Phi) is 9.26. The zero-order chi connectivity index (χ0) is 12.4. The van der Waals surface area contributed by atoms with Crippen LogP contribution in [0.4, 0.5) is 0 Å². The van der Waals surface area contributed by atoms with E-state index in [2.05, 4.69) is 35.5 Å². The van der Waals surface area contributed by atoms with Crippen LogP contribution in [-0.2, 0) is 0 Å². The highest BCUT2D eigenvalue weighted by Gasteiger charge is 2.16. The topological polar surface area (TPSA) is 0 Å². The van der Waals surface area contributed by atoms with Crippen molar-refractivity contribution in [2.75, 3.05) is 0 Å². The molecule has 0 N–H and O–H groups in total. The van der Waals surface area contributed by atoms with Gasteiger partial charge in [-0.15, -0.1) is 0 Å². The van der Waals surface area contributed by atoms with Gasteiger partial charge in [0, 0.05) is 0 Å². The fourth-order valence-corrected chi connectivity index (χ4v) is 2.29.